The molecule has 3 aliphatic rings. The number of hydrogen-bond donors (Lipinski definition) is 3. The van der Waals surface area contributed by atoms with Crippen LogP contribution in [0.4, 0.5) is 4.79 Å². The lowest BCUT2D eigenvalue weighted by Crippen LogP contribution is -2.56. The van der Waals surface area contributed by atoms with Gasteiger partial charge in [0.1, 0.15) is 17.7 Å². The molecule has 0 aromatic heterocycles. The second-order valence-electron chi connectivity index (χ2n) is 11.0. The van der Waals surface area contributed by atoms with E-state index in [0.717, 1.165) is 25.7 Å². The number of alkyl carbamates (subject to hydrolysis) is 1. The largest absolute Gasteiger partial charge is 0.444 e. The van der Waals surface area contributed by atoms with Crippen LogP contribution in [0, 0.1) is 17.8 Å². The maximum atomic E-state index is 13.7. The fourth-order valence-corrected chi connectivity index (χ4v) is 4.83. The van der Waals surface area contributed by atoms with Gasteiger partial charge in [-0.15, -0.1) is 0 Å². The molecule has 4 N–H and O–H groups in total. The molecular formula is C24H40N4O4. The van der Waals surface area contributed by atoms with Crippen molar-refractivity contribution in [1.29, 1.82) is 0 Å². The Balaban J connectivity index is 1.84. The lowest BCUT2D eigenvalue weighted by Gasteiger charge is -2.33. The van der Waals surface area contributed by atoms with Crippen molar-refractivity contribution in [2.45, 2.75) is 96.5 Å². The van der Waals surface area contributed by atoms with Gasteiger partial charge in [0.05, 0.1) is 0 Å². The number of nitrogens with two attached hydrogens (primary N) is 1. The molecule has 1 unspecified atom stereocenters. The Hall–Kier alpha value is -2.09. The molecule has 8 nitrogen and oxygen atoms in total. The first kappa shape index (κ1) is 24.6. The van der Waals surface area contributed by atoms with Crippen LogP contribution in [0.3, 0.4) is 0 Å². The summed E-state index contributed by atoms with van der Waals surface area (Å²) in [6, 6.07) is -1.52. The zero-order valence-corrected chi connectivity index (χ0v) is 20.1. The summed E-state index contributed by atoms with van der Waals surface area (Å²) in [5, 5.41) is 5.90. The van der Waals surface area contributed by atoms with Gasteiger partial charge in [-0.2, -0.15) is 0 Å². The Morgan fingerprint density at radius 2 is 1.94 bits per heavy atom. The Labute approximate surface area is 191 Å². The molecular weight excluding hydrogens is 408 g/mol. The molecule has 3 amide bonds. The van der Waals surface area contributed by atoms with Crippen molar-refractivity contribution in [1.82, 2.24) is 15.5 Å². The van der Waals surface area contributed by atoms with Gasteiger partial charge in [0.25, 0.3) is 0 Å². The maximum Gasteiger partial charge on any atom is 0.408 e. The topological polar surface area (TPSA) is 114 Å². The minimum Gasteiger partial charge on any atom is -0.444 e. The molecule has 1 saturated carbocycles. The predicted octanol–water partition coefficient (Wildman–Crippen LogP) is 2.32. The summed E-state index contributed by atoms with van der Waals surface area (Å²) in [6.45, 7) is 9.82. The number of carbonyl (C=O) groups is 3. The second-order valence-corrected chi connectivity index (χ2v) is 11.0. The average Bonchev–Trinajstić information content (AvgIpc) is 3.28. The third-order valence-electron chi connectivity index (χ3n) is 6.58. The number of amides is 3. The molecule has 0 aromatic carbocycles. The standard InChI is InChI=1S/C24H40N4O4/c1-14-8-6-7-9-16-11-18(16)26-21(29)19-12-17(25)13-28(19)22(30)20(15(2)10-14)27-23(31)32-24(3,4)5/h7,9,14-20H,6,8,10-13,25H2,1-5H3,(H,26,29)(H,27,31)/b9-7-/t14-,15-,16-,17-,18-,19+,20?/m1/s1. The number of nitrogens with one attached hydrogen (secondary N) is 2. The molecule has 1 saturated heterocycles. The van der Waals surface area contributed by atoms with E-state index in [9.17, 15) is 14.4 Å². The van der Waals surface area contributed by atoms with Crippen molar-refractivity contribution in [3.05, 3.63) is 12.2 Å². The first-order valence-corrected chi connectivity index (χ1v) is 12.0. The summed E-state index contributed by atoms with van der Waals surface area (Å²) in [4.78, 5) is 40.8. The van der Waals surface area contributed by atoms with E-state index in [4.69, 9.17) is 10.5 Å². The van der Waals surface area contributed by atoms with Crippen LogP contribution < -0.4 is 16.4 Å². The van der Waals surface area contributed by atoms with Crippen molar-refractivity contribution in [2.24, 2.45) is 23.5 Å². The van der Waals surface area contributed by atoms with Gasteiger partial charge in [0.15, 0.2) is 0 Å². The number of nitrogens with zero attached hydrogens (tertiary/aromatic N) is 1. The van der Waals surface area contributed by atoms with Crippen molar-refractivity contribution >= 4 is 17.9 Å². The van der Waals surface area contributed by atoms with Crippen LogP contribution in [0.1, 0.15) is 66.7 Å². The summed E-state index contributed by atoms with van der Waals surface area (Å²) in [7, 11) is 0. The fourth-order valence-electron chi connectivity index (χ4n) is 4.83. The number of carbonyl (C=O) groups excluding carboxylic acids is 3. The van der Waals surface area contributed by atoms with Crippen LogP contribution in [0.5, 0.6) is 0 Å². The van der Waals surface area contributed by atoms with Gasteiger partial charge in [-0.1, -0.05) is 26.0 Å². The summed E-state index contributed by atoms with van der Waals surface area (Å²) in [5.41, 5.74) is 5.49. The molecule has 1 aliphatic carbocycles. The molecule has 8 heteroatoms. The van der Waals surface area contributed by atoms with Gasteiger partial charge >= 0.3 is 6.09 Å². The predicted molar refractivity (Wildman–Crippen MR) is 123 cm³/mol. The normalized spacial score (nSPS) is 37.3. The molecule has 7 atom stereocenters. The van der Waals surface area contributed by atoms with Crippen LogP contribution in [-0.4, -0.2) is 59.1 Å². The zero-order valence-electron chi connectivity index (χ0n) is 20.1. The molecule has 3 rings (SSSR count). The second kappa shape index (κ2) is 9.81. The van der Waals surface area contributed by atoms with E-state index >= 15 is 0 Å². The SMILES string of the molecule is C[C@@H]1CC/C=C\[C@@H]2C[C@H]2NC(=O)[C@@H]2C[C@@H](N)CN2C(=O)C(NC(=O)OC(C)(C)C)[C@H](C)C1. The molecule has 2 fully saturated rings. The number of allylic oxidation sites excluding steroid dienone is 1. The highest BCUT2D eigenvalue weighted by Gasteiger charge is 2.45. The highest BCUT2D eigenvalue weighted by atomic mass is 16.6. The van der Waals surface area contributed by atoms with Crippen LogP contribution in [0.2, 0.25) is 0 Å². The van der Waals surface area contributed by atoms with Crippen molar-refractivity contribution in [3.63, 3.8) is 0 Å². The van der Waals surface area contributed by atoms with E-state index in [1.54, 1.807) is 25.7 Å². The van der Waals surface area contributed by atoms with E-state index in [-0.39, 0.29) is 29.8 Å². The molecule has 0 spiro atoms. The van der Waals surface area contributed by atoms with E-state index < -0.39 is 23.8 Å². The van der Waals surface area contributed by atoms with Gasteiger partial charge in [-0.25, -0.2) is 4.79 Å². The van der Waals surface area contributed by atoms with E-state index in [1.165, 1.54) is 0 Å². The van der Waals surface area contributed by atoms with E-state index in [0.29, 0.717) is 24.8 Å². The number of fused-ring (bicyclic) bond motifs is 2. The van der Waals surface area contributed by atoms with E-state index in [1.807, 2.05) is 6.92 Å². The lowest BCUT2D eigenvalue weighted by atomic mass is 9.88. The molecule has 32 heavy (non-hydrogen) atoms. The molecule has 0 aromatic rings. The summed E-state index contributed by atoms with van der Waals surface area (Å²) < 4.78 is 5.43. The third kappa shape index (κ3) is 6.47. The average molecular weight is 449 g/mol. The van der Waals surface area contributed by atoms with Gasteiger partial charge in [0.2, 0.25) is 11.8 Å². The van der Waals surface area contributed by atoms with Crippen molar-refractivity contribution in [3.8, 4) is 0 Å². The van der Waals surface area contributed by atoms with Gasteiger partial charge in [-0.05, 0) is 70.6 Å². The summed E-state index contributed by atoms with van der Waals surface area (Å²) in [5.74, 6) is 0.234. The lowest BCUT2D eigenvalue weighted by molar-refractivity contribution is -0.141. The summed E-state index contributed by atoms with van der Waals surface area (Å²) in [6.07, 6.45) is 7.90. The first-order chi connectivity index (χ1) is 14.9. The minimum atomic E-state index is -0.776. The Morgan fingerprint density at radius 1 is 1.22 bits per heavy atom. The zero-order chi connectivity index (χ0) is 23.6. The molecule has 2 aliphatic heterocycles. The first-order valence-electron chi connectivity index (χ1n) is 12.0. The molecule has 180 valence electrons. The quantitative estimate of drug-likeness (QED) is 0.533. The van der Waals surface area contributed by atoms with Crippen molar-refractivity contribution < 1.29 is 19.1 Å². The third-order valence-corrected chi connectivity index (χ3v) is 6.58. The number of hydrogen-bond acceptors (Lipinski definition) is 5. The maximum absolute atomic E-state index is 13.7. The highest BCUT2D eigenvalue weighted by molar-refractivity contribution is 5.92. The number of ether oxygens (including phenoxy) is 1. The number of rotatable bonds is 1. The fraction of sp³-hybridized carbons (Fsp3) is 0.792. The van der Waals surface area contributed by atoms with Crippen LogP contribution in [-0.2, 0) is 14.3 Å². The molecule has 2 heterocycles. The smallest absolute Gasteiger partial charge is 0.408 e. The summed E-state index contributed by atoms with van der Waals surface area (Å²) >= 11 is 0. The monoisotopic (exact) mass is 448 g/mol. The Bertz CT molecular complexity index is 747. The Morgan fingerprint density at radius 3 is 2.62 bits per heavy atom. The van der Waals surface area contributed by atoms with Crippen LogP contribution in [0.15, 0.2) is 12.2 Å². The van der Waals surface area contributed by atoms with Gasteiger partial charge in [-0.3, -0.25) is 9.59 Å². The van der Waals surface area contributed by atoms with Crippen LogP contribution >= 0.6 is 0 Å². The molecule has 0 radical (unpaired) electrons. The highest BCUT2D eigenvalue weighted by Crippen LogP contribution is 2.33. The van der Waals surface area contributed by atoms with Gasteiger partial charge < -0.3 is 26.0 Å². The van der Waals surface area contributed by atoms with Gasteiger partial charge in [0, 0.05) is 18.6 Å². The minimum absolute atomic E-state index is 0.118. The van der Waals surface area contributed by atoms with Crippen molar-refractivity contribution in [2.75, 3.05) is 6.54 Å². The molecule has 0 bridgehead atoms. The van der Waals surface area contributed by atoms with Crippen LogP contribution in [0.25, 0.3) is 0 Å². The Kier molecular flexibility index (Phi) is 7.53. The van der Waals surface area contributed by atoms with E-state index in [2.05, 4.69) is 29.7 Å².